The van der Waals surface area contributed by atoms with Crippen molar-refractivity contribution in [2.24, 2.45) is 0 Å². The Morgan fingerprint density at radius 2 is 1.91 bits per heavy atom. The smallest absolute Gasteiger partial charge is 0.256 e. The minimum absolute atomic E-state index is 0.0202. The molecule has 7 nitrogen and oxygen atoms in total. The lowest BCUT2D eigenvalue weighted by atomic mass is 9.96. The molecule has 1 amide bonds. The monoisotopic (exact) mass is 499 g/mol. The summed E-state index contributed by atoms with van der Waals surface area (Å²) in [6.07, 6.45) is 14.1. The second kappa shape index (κ2) is 11.1. The Bertz CT molecular complexity index is 1270. The third kappa shape index (κ3) is 5.54. The zero-order valence-corrected chi connectivity index (χ0v) is 21.7. The second-order valence-corrected chi connectivity index (χ2v) is 11.8. The first-order valence-corrected chi connectivity index (χ1v) is 14.4. The molecule has 1 aromatic heterocycles. The molecule has 0 saturated heterocycles. The number of benzene rings is 1. The van der Waals surface area contributed by atoms with Gasteiger partial charge in [0, 0.05) is 37.8 Å². The highest BCUT2D eigenvalue weighted by Crippen LogP contribution is 2.28. The van der Waals surface area contributed by atoms with Crippen LogP contribution < -0.4 is 10.7 Å². The average Bonchev–Trinajstić information content (AvgIpc) is 2.89. The first-order valence-electron chi connectivity index (χ1n) is 12.9. The Hall–Kier alpha value is -2.45. The highest BCUT2D eigenvalue weighted by atomic mass is 32.2. The second-order valence-electron chi connectivity index (χ2n) is 9.76. The number of nitrogens with one attached hydrogen (secondary N) is 1. The Morgan fingerprint density at radius 1 is 1.14 bits per heavy atom. The fourth-order valence-electron chi connectivity index (χ4n) is 5.33. The number of carbonyl (C=O) groups excluding carboxylic acids is 1. The van der Waals surface area contributed by atoms with Gasteiger partial charge in [-0.2, -0.15) is 4.31 Å². The summed E-state index contributed by atoms with van der Waals surface area (Å²) < 4.78 is 30.1. The average molecular weight is 500 g/mol. The summed E-state index contributed by atoms with van der Waals surface area (Å²) in [4.78, 5) is 26.4. The predicted octanol–water partition coefficient (Wildman–Crippen LogP) is 4.59. The molecule has 2 aliphatic rings. The normalized spacial score (nSPS) is 17.5. The number of fused-ring (bicyclic) bond motifs is 1. The number of amides is 1. The third-order valence-corrected chi connectivity index (χ3v) is 9.43. The lowest BCUT2D eigenvalue weighted by molar-refractivity contribution is 0.0952. The summed E-state index contributed by atoms with van der Waals surface area (Å²) in [6, 6.07) is 4.68. The van der Waals surface area contributed by atoms with Gasteiger partial charge < -0.3 is 9.88 Å². The molecule has 0 atom stereocenters. The van der Waals surface area contributed by atoms with Crippen LogP contribution >= 0.6 is 0 Å². The molecule has 35 heavy (non-hydrogen) atoms. The van der Waals surface area contributed by atoms with Crippen LogP contribution in [0.5, 0.6) is 0 Å². The zero-order chi connectivity index (χ0) is 25.0. The molecular weight excluding hydrogens is 462 g/mol. The Morgan fingerprint density at radius 3 is 2.60 bits per heavy atom. The number of aryl methyl sites for hydroxylation is 1. The largest absolute Gasteiger partial charge is 0.352 e. The standard InChI is InChI=1S/C27H37N3O4S/c1-3-30-19-24(27(32)28-17-16-20-10-6-4-7-11-20)26(31)23-18-22(14-15-25(23)30)35(33,34)29(2)21-12-8-5-9-13-21/h10,14-15,18-19,21H,3-9,11-13,16-17H2,1-2H3,(H,28,32). The van der Waals surface area contributed by atoms with Gasteiger partial charge in [0.05, 0.1) is 10.4 Å². The molecule has 1 fully saturated rings. The fraction of sp³-hybridized carbons (Fsp3) is 0.556. The molecule has 1 N–H and O–H groups in total. The number of hydrogen-bond acceptors (Lipinski definition) is 4. The first kappa shape index (κ1) is 25.6. The molecule has 0 spiro atoms. The van der Waals surface area contributed by atoms with Gasteiger partial charge in [-0.3, -0.25) is 9.59 Å². The minimum Gasteiger partial charge on any atom is -0.352 e. The van der Waals surface area contributed by atoms with Gasteiger partial charge in [0.15, 0.2) is 0 Å². The Kier molecular flexibility index (Phi) is 8.12. The highest BCUT2D eigenvalue weighted by Gasteiger charge is 2.29. The Balaban J connectivity index is 1.62. The molecule has 0 unspecified atom stereocenters. The zero-order valence-electron chi connectivity index (χ0n) is 20.9. The Labute approximate surface area is 208 Å². The number of carbonyl (C=O) groups is 1. The molecular formula is C27H37N3O4S. The molecule has 0 aliphatic heterocycles. The van der Waals surface area contributed by atoms with Gasteiger partial charge in [-0.05, 0) is 70.1 Å². The van der Waals surface area contributed by atoms with Crippen LogP contribution in [0.15, 0.2) is 45.7 Å². The van der Waals surface area contributed by atoms with Gasteiger partial charge in [0.1, 0.15) is 5.56 Å². The summed E-state index contributed by atoms with van der Waals surface area (Å²) in [5.41, 5.74) is 1.60. The van der Waals surface area contributed by atoms with Crippen LogP contribution in [0.25, 0.3) is 10.9 Å². The van der Waals surface area contributed by atoms with E-state index in [-0.39, 0.29) is 21.9 Å². The number of aromatic nitrogens is 1. The molecule has 8 heteroatoms. The van der Waals surface area contributed by atoms with Gasteiger partial charge in [0.2, 0.25) is 15.5 Å². The van der Waals surface area contributed by atoms with E-state index in [1.165, 1.54) is 28.8 Å². The van der Waals surface area contributed by atoms with E-state index in [0.29, 0.717) is 18.6 Å². The third-order valence-electron chi connectivity index (χ3n) is 7.52. The number of allylic oxidation sites excluding steroid dienone is 1. The molecule has 2 aromatic rings. The topological polar surface area (TPSA) is 88.5 Å². The van der Waals surface area contributed by atoms with Gasteiger partial charge in [0.25, 0.3) is 5.91 Å². The van der Waals surface area contributed by atoms with Gasteiger partial charge >= 0.3 is 0 Å². The van der Waals surface area contributed by atoms with Crippen molar-refractivity contribution < 1.29 is 13.2 Å². The summed E-state index contributed by atoms with van der Waals surface area (Å²) in [5.74, 6) is -0.414. The maximum atomic E-state index is 13.4. The molecule has 2 aliphatic carbocycles. The molecule has 190 valence electrons. The summed E-state index contributed by atoms with van der Waals surface area (Å²) in [6.45, 7) is 2.97. The van der Waals surface area contributed by atoms with Crippen molar-refractivity contribution >= 4 is 26.8 Å². The van der Waals surface area contributed by atoms with E-state index in [2.05, 4.69) is 11.4 Å². The number of nitrogens with zero attached hydrogens (tertiary/aromatic N) is 2. The van der Waals surface area contributed by atoms with E-state index < -0.39 is 21.4 Å². The fourth-order valence-corrected chi connectivity index (χ4v) is 6.77. The van der Waals surface area contributed by atoms with E-state index in [4.69, 9.17) is 0 Å². The van der Waals surface area contributed by atoms with Crippen molar-refractivity contribution in [2.75, 3.05) is 13.6 Å². The van der Waals surface area contributed by atoms with E-state index >= 15 is 0 Å². The molecule has 1 saturated carbocycles. The van der Waals surface area contributed by atoms with E-state index in [9.17, 15) is 18.0 Å². The van der Waals surface area contributed by atoms with Crippen molar-refractivity contribution in [3.63, 3.8) is 0 Å². The van der Waals surface area contributed by atoms with Gasteiger partial charge in [-0.15, -0.1) is 0 Å². The van der Waals surface area contributed by atoms with Gasteiger partial charge in [-0.25, -0.2) is 8.42 Å². The molecule has 1 aromatic carbocycles. The minimum atomic E-state index is -3.75. The number of sulfonamides is 1. The van der Waals surface area contributed by atoms with Gasteiger partial charge in [-0.1, -0.05) is 30.9 Å². The molecule has 0 bridgehead atoms. The van der Waals surface area contributed by atoms with Crippen LogP contribution in [0.1, 0.15) is 81.5 Å². The number of hydrogen-bond donors (Lipinski definition) is 1. The molecule has 4 rings (SSSR count). The molecule has 1 heterocycles. The number of pyridine rings is 1. The van der Waals surface area contributed by atoms with Crippen molar-refractivity contribution in [2.45, 2.75) is 88.6 Å². The number of rotatable bonds is 8. The van der Waals surface area contributed by atoms with Crippen molar-refractivity contribution in [3.05, 3.63) is 51.8 Å². The lowest BCUT2D eigenvalue weighted by Crippen LogP contribution is -2.38. The predicted molar refractivity (Wildman–Crippen MR) is 139 cm³/mol. The van der Waals surface area contributed by atoms with Crippen LogP contribution in [0, 0.1) is 0 Å². The van der Waals surface area contributed by atoms with Crippen molar-refractivity contribution in [1.82, 2.24) is 14.2 Å². The first-order chi connectivity index (χ1) is 16.8. The van der Waals surface area contributed by atoms with Crippen molar-refractivity contribution in [1.29, 1.82) is 0 Å². The highest BCUT2D eigenvalue weighted by molar-refractivity contribution is 7.89. The summed E-state index contributed by atoms with van der Waals surface area (Å²) in [7, 11) is -2.12. The van der Waals surface area contributed by atoms with Crippen molar-refractivity contribution in [3.8, 4) is 0 Å². The lowest BCUT2D eigenvalue weighted by Gasteiger charge is -2.30. The molecule has 0 radical (unpaired) electrons. The van der Waals surface area contributed by atoms with Crippen LogP contribution in [0.4, 0.5) is 0 Å². The maximum absolute atomic E-state index is 13.4. The summed E-state index contributed by atoms with van der Waals surface area (Å²) >= 11 is 0. The van der Waals surface area contributed by atoms with Crippen LogP contribution in [0.2, 0.25) is 0 Å². The van der Waals surface area contributed by atoms with E-state index in [1.54, 1.807) is 25.4 Å². The van der Waals surface area contributed by atoms with Crippen LogP contribution in [0.3, 0.4) is 0 Å². The van der Waals surface area contributed by atoms with Crippen LogP contribution in [-0.2, 0) is 16.6 Å². The maximum Gasteiger partial charge on any atom is 0.256 e. The SMILES string of the molecule is CCn1cc(C(=O)NCCC2=CCCCC2)c(=O)c2cc(S(=O)(=O)N(C)C3CCCCC3)ccc21. The summed E-state index contributed by atoms with van der Waals surface area (Å²) in [5, 5.41) is 3.15. The van der Waals surface area contributed by atoms with E-state index in [1.807, 2.05) is 11.5 Å². The quantitative estimate of drug-likeness (QED) is 0.538. The van der Waals surface area contributed by atoms with E-state index in [0.717, 1.165) is 51.4 Å². The van der Waals surface area contributed by atoms with Crippen LogP contribution in [-0.4, -0.2) is 42.8 Å².